The van der Waals surface area contributed by atoms with Gasteiger partial charge in [0.2, 0.25) is 0 Å². The molecule has 0 saturated carbocycles. The number of aryl methyl sites for hydroxylation is 1. The van der Waals surface area contributed by atoms with Crippen molar-refractivity contribution < 1.29 is 4.79 Å². The van der Waals surface area contributed by atoms with Crippen LogP contribution in [0.3, 0.4) is 0 Å². The summed E-state index contributed by atoms with van der Waals surface area (Å²) in [4.78, 5) is 17.1. The highest BCUT2D eigenvalue weighted by atomic mass is 32.2. The Balaban J connectivity index is 2.23. The number of nitrogens with zero attached hydrogens (tertiary/aromatic N) is 1. The van der Waals surface area contributed by atoms with E-state index in [1.807, 2.05) is 6.92 Å². The fourth-order valence-electron chi connectivity index (χ4n) is 1.69. The summed E-state index contributed by atoms with van der Waals surface area (Å²) in [6.07, 6.45) is 3.88. The van der Waals surface area contributed by atoms with E-state index in [0.29, 0.717) is 0 Å². The third kappa shape index (κ3) is 1.73. The van der Waals surface area contributed by atoms with Crippen LogP contribution in [0.4, 0.5) is 0 Å². The molecule has 1 fully saturated rings. The quantitative estimate of drug-likeness (QED) is 0.728. The summed E-state index contributed by atoms with van der Waals surface area (Å²) < 4.78 is -0.182. The number of carbonyl (C=O) groups excluding carboxylic acids is 1. The average molecular weight is 227 g/mol. The minimum Gasteiger partial charge on any atom is -0.292 e. The molecule has 0 bridgehead atoms. The topological polar surface area (TPSA) is 30.0 Å². The molecule has 1 aliphatic heterocycles. The maximum atomic E-state index is 12.1. The Kier molecular flexibility index (Phi) is 2.66. The molecule has 1 aliphatic rings. The number of thioether (sulfide) groups is 1. The van der Waals surface area contributed by atoms with E-state index in [9.17, 15) is 4.79 Å². The lowest BCUT2D eigenvalue weighted by molar-refractivity contribution is 0.0953. The van der Waals surface area contributed by atoms with Crippen molar-refractivity contribution in [2.75, 3.05) is 5.75 Å². The van der Waals surface area contributed by atoms with Crippen molar-refractivity contribution in [3.63, 3.8) is 0 Å². The third-order valence-corrected chi connectivity index (χ3v) is 4.98. The Morgan fingerprint density at radius 3 is 2.93 bits per heavy atom. The SMILES string of the molecule is Cc1ncc(C(=O)C2(C)CCCS2)s1. The summed E-state index contributed by atoms with van der Waals surface area (Å²) in [6.45, 7) is 3.99. The zero-order valence-corrected chi connectivity index (χ0v) is 10.0. The zero-order chi connectivity index (χ0) is 10.2. The van der Waals surface area contributed by atoms with E-state index in [0.717, 1.165) is 28.5 Å². The number of hydrogen-bond acceptors (Lipinski definition) is 4. The second-order valence-electron chi connectivity index (χ2n) is 3.76. The highest BCUT2D eigenvalue weighted by molar-refractivity contribution is 8.01. The molecular weight excluding hydrogens is 214 g/mol. The van der Waals surface area contributed by atoms with Crippen LogP contribution in [-0.4, -0.2) is 21.3 Å². The van der Waals surface area contributed by atoms with Gasteiger partial charge in [-0.15, -0.1) is 23.1 Å². The maximum Gasteiger partial charge on any atom is 0.190 e. The van der Waals surface area contributed by atoms with Crippen LogP contribution < -0.4 is 0 Å². The van der Waals surface area contributed by atoms with Crippen LogP contribution >= 0.6 is 23.1 Å². The molecule has 1 aromatic heterocycles. The van der Waals surface area contributed by atoms with E-state index in [1.54, 1.807) is 18.0 Å². The van der Waals surface area contributed by atoms with Gasteiger partial charge in [-0.1, -0.05) is 0 Å². The van der Waals surface area contributed by atoms with Gasteiger partial charge in [0.1, 0.15) is 0 Å². The first-order chi connectivity index (χ1) is 6.62. The standard InChI is InChI=1S/C10H13NOS2/c1-7-11-6-8(14-7)9(12)10(2)4-3-5-13-10/h6H,3-5H2,1-2H3. The third-order valence-electron chi connectivity index (χ3n) is 2.54. The predicted molar refractivity (Wildman–Crippen MR) is 61.3 cm³/mol. The molecule has 0 spiro atoms. The van der Waals surface area contributed by atoms with Crippen molar-refractivity contribution in [1.29, 1.82) is 0 Å². The zero-order valence-electron chi connectivity index (χ0n) is 8.37. The number of aromatic nitrogens is 1. The highest BCUT2D eigenvalue weighted by Gasteiger charge is 2.38. The Hall–Kier alpha value is -0.350. The van der Waals surface area contributed by atoms with Crippen LogP contribution in [0.15, 0.2) is 6.20 Å². The van der Waals surface area contributed by atoms with Crippen molar-refractivity contribution in [2.45, 2.75) is 31.4 Å². The molecule has 1 unspecified atom stereocenters. The van der Waals surface area contributed by atoms with Crippen molar-refractivity contribution in [1.82, 2.24) is 4.98 Å². The molecule has 1 aromatic rings. The van der Waals surface area contributed by atoms with E-state index < -0.39 is 0 Å². The lowest BCUT2D eigenvalue weighted by atomic mass is 10.00. The van der Waals surface area contributed by atoms with Gasteiger partial charge >= 0.3 is 0 Å². The van der Waals surface area contributed by atoms with Gasteiger partial charge in [0, 0.05) is 6.20 Å². The van der Waals surface area contributed by atoms with E-state index >= 15 is 0 Å². The van der Waals surface area contributed by atoms with E-state index in [-0.39, 0.29) is 10.5 Å². The predicted octanol–water partition coefficient (Wildman–Crippen LogP) is 2.92. The fourth-order valence-corrected chi connectivity index (χ4v) is 3.87. The summed E-state index contributed by atoms with van der Waals surface area (Å²) >= 11 is 3.29. The van der Waals surface area contributed by atoms with Crippen LogP contribution in [0.2, 0.25) is 0 Å². The second kappa shape index (κ2) is 3.66. The van der Waals surface area contributed by atoms with Crippen molar-refractivity contribution in [3.8, 4) is 0 Å². The van der Waals surface area contributed by atoms with Crippen LogP contribution in [0, 0.1) is 6.92 Å². The molecule has 2 heterocycles. The average Bonchev–Trinajstić information content (AvgIpc) is 2.74. The molecule has 2 rings (SSSR count). The molecule has 1 saturated heterocycles. The Bertz CT molecular complexity index is 353. The number of Topliss-reactive ketones (excluding diaryl/α,β-unsaturated/α-hetero) is 1. The molecule has 0 aromatic carbocycles. The summed E-state index contributed by atoms with van der Waals surface area (Å²) in [5.41, 5.74) is 0. The molecule has 0 aliphatic carbocycles. The summed E-state index contributed by atoms with van der Waals surface area (Å²) in [7, 11) is 0. The Morgan fingerprint density at radius 1 is 1.64 bits per heavy atom. The molecule has 2 nitrogen and oxygen atoms in total. The van der Waals surface area contributed by atoms with E-state index in [1.165, 1.54) is 11.3 Å². The number of hydrogen-bond donors (Lipinski definition) is 0. The Morgan fingerprint density at radius 2 is 2.43 bits per heavy atom. The van der Waals surface area contributed by atoms with E-state index in [2.05, 4.69) is 11.9 Å². The highest BCUT2D eigenvalue weighted by Crippen LogP contribution is 2.40. The molecule has 1 atom stereocenters. The Labute approximate surface area is 92.1 Å². The van der Waals surface area contributed by atoms with E-state index in [4.69, 9.17) is 0 Å². The first-order valence-electron chi connectivity index (χ1n) is 4.73. The van der Waals surface area contributed by atoms with Crippen molar-refractivity contribution in [3.05, 3.63) is 16.1 Å². The normalized spacial score (nSPS) is 26.7. The smallest absolute Gasteiger partial charge is 0.190 e. The second-order valence-corrected chi connectivity index (χ2v) is 6.59. The van der Waals surface area contributed by atoms with Gasteiger partial charge in [-0.2, -0.15) is 0 Å². The van der Waals surface area contributed by atoms with Gasteiger partial charge in [-0.05, 0) is 32.4 Å². The van der Waals surface area contributed by atoms with Gasteiger partial charge in [0.05, 0.1) is 14.6 Å². The van der Waals surface area contributed by atoms with Crippen molar-refractivity contribution in [2.24, 2.45) is 0 Å². The summed E-state index contributed by atoms with van der Waals surface area (Å²) in [5.74, 6) is 1.38. The van der Waals surface area contributed by atoms with Gasteiger partial charge in [-0.25, -0.2) is 4.98 Å². The number of carbonyl (C=O) groups is 1. The maximum absolute atomic E-state index is 12.1. The molecule has 0 N–H and O–H groups in total. The molecule has 0 amide bonds. The van der Waals surface area contributed by atoms with Crippen LogP contribution in [0.1, 0.15) is 34.4 Å². The van der Waals surface area contributed by atoms with Gasteiger partial charge in [0.15, 0.2) is 5.78 Å². The molecule has 14 heavy (non-hydrogen) atoms. The molecule has 76 valence electrons. The minimum absolute atomic E-state index is 0.182. The molecule has 4 heteroatoms. The lowest BCUT2D eigenvalue weighted by Crippen LogP contribution is -2.27. The molecule has 0 radical (unpaired) electrons. The largest absolute Gasteiger partial charge is 0.292 e. The number of ketones is 1. The van der Waals surface area contributed by atoms with Gasteiger partial charge in [-0.3, -0.25) is 4.79 Å². The monoisotopic (exact) mass is 227 g/mol. The van der Waals surface area contributed by atoms with Crippen LogP contribution in [0.25, 0.3) is 0 Å². The lowest BCUT2D eigenvalue weighted by Gasteiger charge is -2.19. The molecular formula is C10H13NOS2. The van der Waals surface area contributed by atoms with Gasteiger partial charge < -0.3 is 0 Å². The number of rotatable bonds is 2. The minimum atomic E-state index is -0.182. The first-order valence-corrected chi connectivity index (χ1v) is 6.53. The van der Waals surface area contributed by atoms with Gasteiger partial charge in [0.25, 0.3) is 0 Å². The first kappa shape index (κ1) is 10.2. The van der Waals surface area contributed by atoms with Crippen LogP contribution in [-0.2, 0) is 0 Å². The summed E-state index contributed by atoms with van der Waals surface area (Å²) in [5, 5.41) is 0.972. The van der Waals surface area contributed by atoms with Crippen LogP contribution in [0.5, 0.6) is 0 Å². The fraction of sp³-hybridized carbons (Fsp3) is 0.600. The number of thiazole rings is 1. The summed E-state index contributed by atoms with van der Waals surface area (Å²) in [6, 6.07) is 0. The van der Waals surface area contributed by atoms with Crippen molar-refractivity contribution >= 4 is 28.9 Å².